The molecule has 0 aliphatic carbocycles. The fraction of sp³-hybridized carbons (Fsp3) is 0.235. The predicted molar refractivity (Wildman–Crippen MR) is 88.4 cm³/mol. The first-order valence-electron chi connectivity index (χ1n) is 7.64. The molecule has 24 heavy (non-hydrogen) atoms. The molecule has 2 aromatic rings. The molecule has 0 radical (unpaired) electrons. The summed E-state index contributed by atoms with van der Waals surface area (Å²) in [5.41, 5.74) is 11.1. The van der Waals surface area contributed by atoms with Gasteiger partial charge in [-0.1, -0.05) is 12.1 Å². The van der Waals surface area contributed by atoms with Crippen molar-refractivity contribution in [2.45, 2.75) is 25.4 Å². The number of halogens is 1. The third-order valence-corrected chi connectivity index (χ3v) is 3.92. The Hall–Kier alpha value is -2.64. The predicted octanol–water partition coefficient (Wildman–Crippen LogP) is 1.67. The van der Waals surface area contributed by atoms with Gasteiger partial charge in [-0.05, 0) is 43.2 Å². The van der Waals surface area contributed by atoms with E-state index in [4.69, 9.17) is 0 Å². The number of carbonyl (C=O) groups excluding carboxylic acids is 1. The number of rotatable bonds is 4. The van der Waals surface area contributed by atoms with E-state index in [0.717, 1.165) is 11.1 Å². The fourth-order valence-corrected chi connectivity index (χ4v) is 2.52. The summed E-state index contributed by atoms with van der Waals surface area (Å²) in [5.74, 6) is -0.500. The van der Waals surface area contributed by atoms with Gasteiger partial charge < -0.3 is 0 Å². The van der Waals surface area contributed by atoms with E-state index in [2.05, 4.69) is 26.4 Å². The number of aromatic nitrogens is 1. The number of hydrogen-bond donors (Lipinski definition) is 3. The van der Waals surface area contributed by atoms with Crippen molar-refractivity contribution in [1.82, 2.24) is 21.3 Å². The van der Waals surface area contributed by atoms with Gasteiger partial charge in [-0.2, -0.15) is 5.10 Å². The molecule has 1 aromatic carbocycles. The van der Waals surface area contributed by atoms with Crippen molar-refractivity contribution in [3.63, 3.8) is 0 Å². The van der Waals surface area contributed by atoms with Crippen LogP contribution in [0, 0.1) is 5.82 Å². The molecule has 0 bridgehead atoms. The van der Waals surface area contributed by atoms with E-state index in [-0.39, 0.29) is 17.8 Å². The summed E-state index contributed by atoms with van der Waals surface area (Å²) in [4.78, 5) is 16.2. The molecule has 3 rings (SSSR count). The number of hydrogen-bond acceptors (Lipinski definition) is 5. The average Bonchev–Trinajstić information content (AvgIpc) is 3.11. The maximum atomic E-state index is 13.0. The number of hydrazone groups is 1. The maximum absolute atomic E-state index is 13.0. The molecule has 1 aromatic heterocycles. The first kappa shape index (κ1) is 16.2. The Balaban J connectivity index is 1.58. The molecule has 7 heteroatoms. The van der Waals surface area contributed by atoms with Crippen molar-refractivity contribution in [3.05, 3.63) is 65.7 Å². The number of carbonyl (C=O) groups is 1. The van der Waals surface area contributed by atoms with Crippen LogP contribution in [0.25, 0.3) is 0 Å². The lowest BCUT2D eigenvalue weighted by Gasteiger charge is -2.09. The smallest absolute Gasteiger partial charge is 0.258 e. The van der Waals surface area contributed by atoms with Gasteiger partial charge in [-0.15, -0.1) is 0 Å². The van der Waals surface area contributed by atoms with Gasteiger partial charge in [0.15, 0.2) is 0 Å². The maximum Gasteiger partial charge on any atom is 0.258 e. The van der Waals surface area contributed by atoms with Crippen LogP contribution in [0.2, 0.25) is 0 Å². The first-order valence-corrected chi connectivity index (χ1v) is 7.64. The van der Waals surface area contributed by atoms with E-state index in [0.29, 0.717) is 12.1 Å². The number of hydrazine groups is 1. The zero-order valence-corrected chi connectivity index (χ0v) is 13.2. The Labute approximate surface area is 139 Å². The molecule has 1 fully saturated rings. The van der Waals surface area contributed by atoms with E-state index in [1.807, 2.05) is 19.1 Å². The molecule has 0 spiro atoms. The summed E-state index contributed by atoms with van der Waals surface area (Å²) in [6.07, 6.45) is 3.90. The number of nitrogens with zero attached hydrogens (tertiary/aromatic N) is 2. The molecular formula is C17H18FN5O. The summed E-state index contributed by atoms with van der Waals surface area (Å²) in [6, 6.07) is 9.43. The standard InChI is InChI=1S/C17H18FN5O/c1-11(12-6-8-19-9-7-12)20-23-17(24)16-10-15(21-22-16)13-2-4-14(18)5-3-13/h2-9,15-16,21-22H,10H2,1H3,(H,23,24)/b20-11+. The third kappa shape index (κ3) is 3.81. The molecule has 3 N–H and O–H groups in total. The lowest BCUT2D eigenvalue weighted by molar-refractivity contribution is -0.122. The molecule has 0 saturated carbocycles. The normalized spacial score (nSPS) is 20.8. The Morgan fingerprint density at radius 2 is 1.92 bits per heavy atom. The quantitative estimate of drug-likeness (QED) is 0.590. The van der Waals surface area contributed by atoms with Crippen molar-refractivity contribution >= 4 is 11.6 Å². The van der Waals surface area contributed by atoms with E-state index >= 15 is 0 Å². The van der Waals surface area contributed by atoms with Crippen LogP contribution in [-0.2, 0) is 4.79 Å². The van der Waals surface area contributed by atoms with Crippen LogP contribution in [0.4, 0.5) is 4.39 Å². The van der Waals surface area contributed by atoms with Crippen LogP contribution >= 0.6 is 0 Å². The summed E-state index contributed by atoms with van der Waals surface area (Å²) >= 11 is 0. The summed E-state index contributed by atoms with van der Waals surface area (Å²) in [5, 5.41) is 4.12. The minimum absolute atomic E-state index is 0.0494. The zero-order valence-electron chi connectivity index (χ0n) is 13.2. The van der Waals surface area contributed by atoms with Crippen molar-refractivity contribution < 1.29 is 9.18 Å². The molecule has 6 nitrogen and oxygen atoms in total. The second-order valence-electron chi connectivity index (χ2n) is 5.59. The van der Waals surface area contributed by atoms with Crippen LogP contribution < -0.4 is 16.3 Å². The lowest BCUT2D eigenvalue weighted by Crippen LogP contribution is -2.41. The topological polar surface area (TPSA) is 78.4 Å². The highest BCUT2D eigenvalue weighted by molar-refractivity contribution is 5.99. The molecular weight excluding hydrogens is 309 g/mol. The van der Waals surface area contributed by atoms with Gasteiger partial charge in [0.2, 0.25) is 0 Å². The lowest BCUT2D eigenvalue weighted by atomic mass is 10.0. The first-order chi connectivity index (χ1) is 11.6. The molecule has 2 unspecified atom stereocenters. The van der Waals surface area contributed by atoms with Gasteiger partial charge in [0.1, 0.15) is 11.9 Å². The zero-order chi connectivity index (χ0) is 16.9. The monoisotopic (exact) mass is 327 g/mol. The van der Waals surface area contributed by atoms with Gasteiger partial charge in [-0.25, -0.2) is 20.7 Å². The highest BCUT2D eigenvalue weighted by Crippen LogP contribution is 2.22. The minimum atomic E-state index is -0.408. The molecule has 124 valence electrons. The van der Waals surface area contributed by atoms with Crippen LogP contribution in [0.15, 0.2) is 53.9 Å². The Kier molecular flexibility index (Phi) is 4.93. The summed E-state index contributed by atoms with van der Waals surface area (Å²) < 4.78 is 13.0. The second-order valence-corrected chi connectivity index (χ2v) is 5.59. The molecule has 2 heterocycles. The number of nitrogens with one attached hydrogen (secondary N) is 3. The van der Waals surface area contributed by atoms with Crippen LogP contribution in [0.1, 0.15) is 30.5 Å². The fourth-order valence-electron chi connectivity index (χ4n) is 2.52. The average molecular weight is 327 g/mol. The van der Waals surface area contributed by atoms with Crippen molar-refractivity contribution in [2.75, 3.05) is 0 Å². The summed E-state index contributed by atoms with van der Waals surface area (Å²) in [7, 11) is 0. The van der Waals surface area contributed by atoms with Gasteiger partial charge in [0, 0.05) is 24.0 Å². The Morgan fingerprint density at radius 3 is 2.62 bits per heavy atom. The Bertz CT molecular complexity index is 732. The van der Waals surface area contributed by atoms with E-state index in [1.54, 1.807) is 24.5 Å². The van der Waals surface area contributed by atoms with Crippen molar-refractivity contribution in [3.8, 4) is 0 Å². The SMILES string of the molecule is C/C(=N\NC(=O)C1CC(c2ccc(F)cc2)NN1)c1ccncc1. The second kappa shape index (κ2) is 7.29. The summed E-state index contributed by atoms with van der Waals surface area (Å²) in [6.45, 7) is 1.82. The third-order valence-electron chi connectivity index (χ3n) is 3.92. The highest BCUT2D eigenvalue weighted by atomic mass is 19.1. The van der Waals surface area contributed by atoms with Crippen LogP contribution in [0.3, 0.4) is 0 Å². The molecule has 1 aliphatic rings. The number of benzene rings is 1. The van der Waals surface area contributed by atoms with Gasteiger partial charge >= 0.3 is 0 Å². The number of amides is 1. The van der Waals surface area contributed by atoms with Crippen molar-refractivity contribution in [2.24, 2.45) is 5.10 Å². The van der Waals surface area contributed by atoms with Gasteiger partial charge in [0.05, 0.1) is 5.71 Å². The van der Waals surface area contributed by atoms with Gasteiger partial charge in [0.25, 0.3) is 5.91 Å². The Morgan fingerprint density at radius 1 is 1.21 bits per heavy atom. The molecule has 1 amide bonds. The number of pyridine rings is 1. The molecule has 2 atom stereocenters. The van der Waals surface area contributed by atoms with Gasteiger partial charge in [-0.3, -0.25) is 9.78 Å². The van der Waals surface area contributed by atoms with E-state index in [1.165, 1.54) is 12.1 Å². The largest absolute Gasteiger partial charge is 0.271 e. The molecule has 1 aliphatic heterocycles. The minimum Gasteiger partial charge on any atom is -0.271 e. The van der Waals surface area contributed by atoms with Crippen LogP contribution in [0.5, 0.6) is 0 Å². The molecule has 1 saturated heterocycles. The van der Waals surface area contributed by atoms with Crippen LogP contribution in [-0.4, -0.2) is 22.6 Å². The van der Waals surface area contributed by atoms with E-state index in [9.17, 15) is 9.18 Å². The highest BCUT2D eigenvalue weighted by Gasteiger charge is 2.30. The van der Waals surface area contributed by atoms with E-state index < -0.39 is 6.04 Å². The van der Waals surface area contributed by atoms with Crippen molar-refractivity contribution in [1.29, 1.82) is 0 Å².